The van der Waals surface area contributed by atoms with Crippen LogP contribution in [0.25, 0.3) is 0 Å². The molecule has 0 saturated carbocycles. The Hall–Kier alpha value is -2.35. The fourth-order valence-electron chi connectivity index (χ4n) is 1.96. The van der Waals surface area contributed by atoms with Crippen LogP contribution >= 0.6 is 11.8 Å². The molecule has 0 bridgehead atoms. The number of benzene rings is 1. The van der Waals surface area contributed by atoms with E-state index in [4.69, 9.17) is 0 Å². The van der Waals surface area contributed by atoms with Crippen LogP contribution in [-0.2, 0) is 11.2 Å². The highest BCUT2D eigenvalue weighted by atomic mass is 32.2. The molecule has 1 aromatic heterocycles. The van der Waals surface area contributed by atoms with Gasteiger partial charge in [0.15, 0.2) is 5.03 Å². The third-order valence-electron chi connectivity index (χ3n) is 3.15. The number of aromatic amines is 2. The van der Waals surface area contributed by atoms with E-state index in [2.05, 4.69) is 20.5 Å². The minimum Gasteiger partial charge on any atom is -0.355 e. The summed E-state index contributed by atoms with van der Waals surface area (Å²) in [7, 11) is 0. The highest BCUT2D eigenvalue weighted by Gasteiger charge is 2.20. The summed E-state index contributed by atoms with van der Waals surface area (Å²) in [6.07, 6.45) is 1.28. The summed E-state index contributed by atoms with van der Waals surface area (Å²) in [6, 6.07) is 9.86. The van der Waals surface area contributed by atoms with Crippen molar-refractivity contribution in [2.24, 2.45) is 0 Å². The molecule has 0 spiro atoms. The van der Waals surface area contributed by atoms with E-state index in [0.29, 0.717) is 13.0 Å². The Morgan fingerprint density at radius 2 is 2.04 bits per heavy atom. The molecule has 0 aliphatic heterocycles. The average molecular weight is 334 g/mol. The van der Waals surface area contributed by atoms with Gasteiger partial charge in [0.05, 0.1) is 5.25 Å². The van der Waals surface area contributed by atoms with E-state index in [1.807, 2.05) is 37.3 Å². The number of thioether (sulfide) groups is 1. The fraction of sp³-hybridized carbons (Fsp3) is 0.333. The van der Waals surface area contributed by atoms with E-state index in [1.165, 1.54) is 0 Å². The van der Waals surface area contributed by atoms with E-state index in [9.17, 15) is 14.4 Å². The van der Waals surface area contributed by atoms with Crippen molar-refractivity contribution in [3.05, 3.63) is 56.7 Å². The highest BCUT2D eigenvalue weighted by Crippen LogP contribution is 2.19. The molecule has 7 nitrogen and oxygen atoms in total. The Morgan fingerprint density at radius 3 is 2.70 bits per heavy atom. The molecule has 2 aromatic rings. The van der Waals surface area contributed by atoms with Crippen LogP contribution in [0.5, 0.6) is 0 Å². The van der Waals surface area contributed by atoms with Crippen LogP contribution in [0.2, 0.25) is 0 Å². The van der Waals surface area contributed by atoms with Crippen LogP contribution in [0, 0.1) is 0 Å². The predicted molar refractivity (Wildman–Crippen MR) is 88.6 cm³/mol. The number of hydrogen-bond donors (Lipinski definition) is 3. The van der Waals surface area contributed by atoms with Gasteiger partial charge in [-0.1, -0.05) is 49.0 Å². The summed E-state index contributed by atoms with van der Waals surface area (Å²) >= 11 is 1.04. The average Bonchev–Trinajstić information content (AvgIpc) is 2.55. The van der Waals surface area contributed by atoms with Gasteiger partial charge in [-0.3, -0.25) is 14.6 Å². The summed E-state index contributed by atoms with van der Waals surface area (Å²) < 4.78 is 0. The van der Waals surface area contributed by atoms with Gasteiger partial charge in [0.2, 0.25) is 5.91 Å². The van der Waals surface area contributed by atoms with Crippen molar-refractivity contribution in [1.82, 2.24) is 20.5 Å². The Labute approximate surface area is 136 Å². The first-order valence-electron chi connectivity index (χ1n) is 7.27. The number of H-pyrrole nitrogens is 2. The number of carbonyl (C=O) groups excluding carboxylic acids is 1. The lowest BCUT2D eigenvalue weighted by molar-refractivity contribution is -0.120. The Balaban J connectivity index is 1.90. The molecule has 8 heteroatoms. The minimum atomic E-state index is -0.667. The maximum Gasteiger partial charge on any atom is 0.342 e. The van der Waals surface area contributed by atoms with Gasteiger partial charge in [0.25, 0.3) is 5.56 Å². The van der Waals surface area contributed by atoms with Gasteiger partial charge in [0, 0.05) is 6.54 Å². The van der Waals surface area contributed by atoms with Crippen LogP contribution in [0.4, 0.5) is 0 Å². The number of hydrogen-bond acceptors (Lipinski definition) is 5. The number of nitrogens with zero attached hydrogens (tertiary/aromatic N) is 1. The second kappa shape index (κ2) is 8.33. The molecule has 1 atom stereocenters. The third kappa shape index (κ3) is 5.10. The van der Waals surface area contributed by atoms with Gasteiger partial charge in [-0.15, -0.1) is 0 Å². The number of amides is 1. The first-order chi connectivity index (χ1) is 11.1. The predicted octanol–water partition coefficient (Wildman–Crippen LogP) is 0.688. The van der Waals surface area contributed by atoms with Gasteiger partial charge in [-0.25, -0.2) is 9.89 Å². The first-order valence-corrected chi connectivity index (χ1v) is 8.15. The summed E-state index contributed by atoms with van der Waals surface area (Å²) in [5, 5.41) is 8.34. The van der Waals surface area contributed by atoms with Crippen molar-refractivity contribution in [3.63, 3.8) is 0 Å². The Morgan fingerprint density at radius 1 is 1.30 bits per heavy atom. The number of carbonyl (C=O) groups is 1. The van der Waals surface area contributed by atoms with Gasteiger partial charge in [-0.05, 0) is 18.4 Å². The SMILES string of the molecule is CC[C@H](Sc1n[nH]c(=O)[nH]c1=O)C(=O)NCCc1ccccc1. The zero-order chi connectivity index (χ0) is 16.7. The number of nitrogens with one attached hydrogen (secondary N) is 3. The summed E-state index contributed by atoms with van der Waals surface area (Å²) in [5.41, 5.74) is -0.110. The third-order valence-corrected chi connectivity index (χ3v) is 4.49. The standard InChI is InChI=1S/C15H18N4O3S/c1-2-11(23-14-13(21)17-15(22)19-18-14)12(20)16-9-8-10-6-4-3-5-7-10/h3-7,11H,2,8-9H2,1H3,(H,16,20)(H2,17,19,21,22)/t11-/m0/s1. The molecule has 1 amide bonds. The molecule has 2 rings (SSSR count). The lowest BCUT2D eigenvalue weighted by Gasteiger charge is -2.13. The second-order valence-corrected chi connectivity index (χ2v) is 6.04. The van der Waals surface area contributed by atoms with Crippen LogP contribution in [0.15, 0.2) is 44.9 Å². The first kappa shape index (κ1) is 17.0. The lowest BCUT2D eigenvalue weighted by atomic mass is 10.1. The molecule has 3 N–H and O–H groups in total. The van der Waals surface area contributed by atoms with Gasteiger partial charge in [0.1, 0.15) is 0 Å². The normalized spacial score (nSPS) is 11.9. The largest absolute Gasteiger partial charge is 0.355 e. The summed E-state index contributed by atoms with van der Waals surface area (Å²) in [4.78, 5) is 36.9. The molecule has 0 saturated heterocycles. The maximum absolute atomic E-state index is 12.2. The highest BCUT2D eigenvalue weighted by molar-refractivity contribution is 8.00. The van der Waals surface area contributed by atoms with E-state index in [0.717, 1.165) is 23.7 Å². The molecular formula is C15H18N4O3S. The zero-order valence-corrected chi connectivity index (χ0v) is 13.5. The van der Waals surface area contributed by atoms with Crippen molar-refractivity contribution in [1.29, 1.82) is 0 Å². The Bertz CT molecular complexity index is 757. The summed E-state index contributed by atoms with van der Waals surface area (Å²) in [6.45, 7) is 2.38. The maximum atomic E-state index is 12.2. The fourth-order valence-corrected chi connectivity index (χ4v) is 2.85. The zero-order valence-electron chi connectivity index (χ0n) is 12.7. The molecule has 1 aromatic carbocycles. The van der Waals surface area contributed by atoms with Crippen LogP contribution < -0.4 is 16.6 Å². The van der Waals surface area contributed by atoms with Gasteiger partial charge in [-0.2, -0.15) is 5.10 Å². The van der Waals surface area contributed by atoms with Crippen LogP contribution in [0.1, 0.15) is 18.9 Å². The van der Waals surface area contributed by atoms with Crippen molar-refractivity contribution in [3.8, 4) is 0 Å². The van der Waals surface area contributed by atoms with Gasteiger partial charge >= 0.3 is 5.69 Å². The topological polar surface area (TPSA) is 108 Å². The monoisotopic (exact) mass is 334 g/mol. The lowest BCUT2D eigenvalue weighted by Crippen LogP contribution is -2.35. The Kier molecular flexibility index (Phi) is 6.16. The smallest absolute Gasteiger partial charge is 0.342 e. The van der Waals surface area contributed by atoms with Gasteiger partial charge < -0.3 is 5.32 Å². The van der Waals surface area contributed by atoms with Crippen molar-refractivity contribution >= 4 is 17.7 Å². The number of aromatic nitrogens is 3. The van der Waals surface area contributed by atoms with E-state index in [1.54, 1.807) is 0 Å². The molecule has 0 fully saturated rings. The molecule has 0 aliphatic rings. The van der Waals surface area contributed by atoms with E-state index >= 15 is 0 Å². The molecule has 23 heavy (non-hydrogen) atoms. The van der Waals surface area contributed by atoms with E-state index < -0.39 is 16.5 Å². The van der Waals surface area contributed by atoms with Crippen LogP contribution in [0.3, 0.4) is 0 Å². The summed E-state index contributed by atoms with van der Waals surface area (Å²) in [5.74, 6) is -0.152. The second-order valence-electron chi connectivity index (χ2n) is 4.85. The van der Waals surface area contributed by atoms with Crippen LogP contribution in [-0.4, -0.2) is 32.9 Å². The molecule has 1 heterocycles. The van der Waals surface area contributed by atoms with Crippen molar-refractivity contribution in [2.45, 2.75) is 30.0 Å². The quantitative estimate of drug-likeness (QED) is 0.646. The van der Waals surface area contributed by atoms with Crippen molar-refractivity contribution in [2.75, 3.05) is 6.54 Å². The molecule has 0 unspecified atom stereocenters. The van der Waals surface area contributed by atoms with Crippen molar-refractivity contribution < 1.29 is 4.79 Å². The molecule has 0 radical (unpaired) electrons. The molecular weight excluding hydrogens is 316 g/mol. The molecule has 122 valence electrons. The van der Waals surface area contributed by atoms with E-state index in [-0.39, 0.29) is 10.9 Å². The molecule has 0 aliphatic carbocycles. The number of rotatable bonds is 7. The minimum absolute atomic E-state index is 0.0784.